The van der Waals surface area contributed by atoms with Crippen LogP contribution in [0, 0.1) is 20.8 Å². The molecule has 385 valence electrons. The van der Waals surface area contributed by atoms with Gasteiger partial charge in [0.2, 0.25) is 11.8 Å². The van der Waals surface area contributed by atoms with Crippen LogP contribution in [0.4, 0.5) is 0 Å². The average molecular weight is 1130 g/mol. The monoisotopic (exact) mass is 1130 g/mol. The number of nitrogens with zero attached hydrogens (tertiary/aromatic N) is 4. The SMILES string of the molecule is C=CCCC(N)=S.C=CCn1c(SCC(=O)c2ccc(C)cc2)nc(O)cc1=O.C=CCn1c(SCC(O)c2ccc(C)cc2)nc(O)cc1=O.COC(=O)CC(=O)OC.Cc1ccc(C(=O)CBr)cc1.[B].[H-].[Na+]. The zero-order chi connectivity index (χ0) is 53.5. The summed E-state index contributed by atoms with van der Waals surface area (Å²) in [6, 6.07) is 24.6. The summed E-state index contributed by atoms with van der Waals surface area (Å²) < 4.78 is 11.1. The maximum Gasteiger partial charge on any atom is 1.00 e. The quantitative estimate of drug-likeness (QED) is 0.00983. The number of aromatic nitrogens is 4. The number of alkyl halides is 1. The number of aryl methyl sites for hydroxylation is 3. The summed E-state index contributed by atoms with van der Waals surface area (Å²) in [5.74, 6) is -1.30. The molecule has 0 aliphatic rings. The Morgan fingerprint density at radius 3 is 1.49 bits per heavy atom. The Labute approximate surface area is 474 Å². The smallest absolute Gasteiger partial charge is 1.00 e. The van der Waals surface area contributed by atoms with Crippen molar-refractivity contribution in [2.24, 2.45) is 5.73 Å². The molecule has 0 bridgehead atoms. The number of carbonyl (C=O) groups excluding carboxylic acids is 4. The predicted molar refractivity (Wildman–Crippen MR) is 295 cm³/mol. The Balaban J connectivity index is -0.000000903. The van der Waals surface area contributed by atoms with Crippen molar-refractivity contribution in [3.8, 4) is 11.8 Å². The summed E-state index contributed by atoms with van der Waals surface area (Å²) in [6.07, 6.45) is 5.65. The molecule has 0 spiro atoms. The first-order valence-electron chi connectivity index (χ1n) is 21.4. The Kier molecular flexibility index (Phi) is 37.4. The number of nitrogens with two attached hydrogens (primary N) is 1. The molecule has 3 radical (unpaired) electrons. The van der Waals surface area contributed by atoms with Crippen molar-refractivity contribution in [2.45, 2.75) is 69.5 Å². The van der Waals surface area contributed by atoms with E-state index in [-0.39, 0.29) is 92.6 Å². The van der Waals surface area contributed by atoms with Gasteiger partial charge in [-0.05, 0) is 32.8 Å². The zero-order valence-electron chi connectivity index (χ0n) is 42.8. The Morgan fingerprint density at radius 1 is 0.740 bits per heavy atom. The molecule has 0 aliphatic carbocycles. The fraction of sp³-hybridized carbons (Fsp3) is 0.275. The number of methoxy groups -OCH3 is 2. The number of thiocarbonyl (C=S) groups is 1. The molecule has 0 saturated heterocycles. The number of hydrogen-bond acceptors (Lipinski definition) is 16. The van der Waals surface area contributed by atoms with E-state index in [0.29, 0.717) is 38.5 Å². The molecule has 5 N–H and O–H groups in total. The van der Waals surface area contributed by atoms with Crippen LogP contribution in [0.5, 0.6) is 11.8 Å². The van der Waals surface area contributed by atoms with Crippen molar-refractivity contribution in [1.29, 1.82) is 0 Å². The van der Waals surface area contributed by atoms with Crippen molar-refractivity contribution in [3.63, 3.8) is 0 Å². The molecule has 16 nitrogen and oxygen atoms in total. The van der Waals surface area contributed by atoms with Gasteiger partial charge in [0.15, 0.2) is 21.9 Å². The number of carbonyl (C=O) groups is 4. The van der Waals surface area contributed by atoms with E-state index in [1.54, 1.807) is 30.4 Å². The predicted octanol–water partition coefficient (Wildman–Crippen LogP) is 4.96. The summed E-state index contributed by atoms with van der Waals surface area (Å²) >= 11 is 10.0. The second-order valence-electron chi connectivity index (χ2n) is 14.6. The number of allylic oxidation sites excluding steroid dienone is 3. The molecule has 3 aromatic carbocycles. The fourth-order valence-electron chi connectivity index (χ4n) is 5.08. The molecule has 0 saturated carbocycles. The van der Waals surface area contributed by atoms with Crippen molar-refractivity contribution in [3.05, 3.63) is 177 Å². The van der Waals surface area contributed by atoms with Gasteiger partial charge >= 0.3 is 41.5 Å². The molecule has 2 heterocycles. The number of aliphatic hydroxyl groups excluding tert-OH is 1. The third kappa shape index (κ3) is 28.6. The molecule has 22 heteroatoms. The van der Waals surface area contributed by atoms with Gasteiger partial charge in [-0.3, -0.25) is 37.9 Å². The summed E-state index contributed by atoms with van der Waals surface area (Å²) in [5.41, 5.74) is 10.00. The molecule has 5 aromatic rings. The molecule has 5 rings (SSSR count). The largest absolute Gasteiger partial charge is 1.00 e. The number of Topliss-reactive ketones (excluding diaryl/α,β-unsaturated/α-hetero) is 2. The first-order chi connectivity index (χ1) is 33.7. The van der Waals surface area contributed by atoms with E-state index in [1.807, 2.05) is 81.4 Å². The maximum absolute atomic E-state index is 12.1. The van der Waals surface area contributed by atoms with E-state index in [2.05, 4.69) is 67.3 Å². The Morgan fingerprint density at radius 2 is 1.14 bits per heavy atom. The van der Waals surface area contributed by atoms with E-state index >= 15 is 0 Å². The first kappa shape index (κ1) is 69.7. The molecule has 2 aromatic heterocycles. The van der Waals surface area contributed by atoms with Crippen LogP contribution in [0.15, 0.2) is 143 Å². The molecule has 1 unspecified atom stereocenters. The fourth-order valence-corrected chi connectivity index (χ4v) is 7.40. The molecular formula is C51H61BBrN5NaO11S3. The molecular weight excluding hydrogens is 1070 g/mol. The van der Waals surface area contributed by atoms with Crippen LogP contribution in [-0.4, -0.2) is 102 Å². The van der Waals surface area contributed by atoms with Crippen LogP contribution in [0.3, 0.4) is 0 Å². The van der Waals surface area contributed by atoms with Gasteiger partial charge in [-0.2, -0.15) is 9.97 Å². The van der Waals surface area contributed by atoms with Gasteiger partial charge in [0.1, 0.15) is 6.42 Å². The zero-order valence-corrected chi connectivity index (χ0v) is 47.9. The molecule has 73 heavy (non-hydrogen) atoms. The van der Waals surface area contributed by atoms with E-state index < -0.39 is 18.0 Å². The number of ketones is 2. The number of ether oxygens (including phenoxy) is 2. The summed E-state index contributed by atoms with van der Waals surface area (Å²) in [7, 11) is 2.43. The number of aromatic hydroxyl groups is 2. The molecule has 0 aliphatic heterocycles. The van der Waals surface area contributed by atoms with Crippen LogP contribution in [0.2, 0.25) is 0 Å². The standard InChI is InChI=1S/C16H18N2O3S.C16H16N2O3S.C9H9BrO.C5H9NS.C5H8O4.B.Na.H/c2*1-3-8-18-15(21)9-14(20)17-16(18)22-10-13(19)12-6-4-11(2)5-7-12;1-7-2-4-8(5-3-7)9(11)6-10;1-2-3-4-5(6)7;1-8-4(6)3-5(7)9-2;;;/h3-7,9,13,19-20H,1,8,10H2,2H3;3-7,9,20H,1,8,10H2,2H3;2-5H,6H2,1H3;2H,1,3-4H2,(H2,6,7);3H2,1-2H3;;;/q;;;;;;+1;-1. The molecule has 0 amide bonds. The van der Waals surface area contributed by atoms with E-state index in [1.165, 1.54) is 40.7 Å². The number of hydrogen-bond donors (Lipinski definition) is 4. The van der Waals surface area contributed by atoms with Gasteiger partial charge in [-0.25, -0.2) is 0 Å². The van der Waals surface area contributed by atoms with Gasteiger partial charge < -0.3 is 32.0 Å². The van der Waals surface area contributed by atoms with E-state index in [0.717, 1.165) is 59.0 Å². The van der Waals surface area contributed by atoms with Gasteiger partial charge in [-0.1, -0.05) is 159 Å². The van der Waals surface area contributed by atoms with Crippen molar-refractivity contribution >= 4 is 88.6 Å². The van der Waals surface area contributed by atoms with E-state index in [4.69, 9.17) is 5.73 Å². The topological polar surface area (TPSA) is 243 Å². The van der Waals surface area contributed by atoms with Gasteiger partial charge in [-0.15, -0.1) is 19.7 Å². The van der Waals surface area contributed by atoms with Gasteiger partial charge in [0.25, 0.3) is 11.1 Å². The normalized spacial score (nSPS) is 10.0. The third-order valence-corrected chi connectivity index (χ3v) is 11.7. The number of aliphatic hydroxyl groups is 1. The first-order valence-corrected chi connectivity index (χ1v) is 24.9. The average Bonchev–Trinajstić information content (AvgIpc) is 3.34. The van der Waals surface area contributed by atoms with Gasteiger partial charge in [0, 0.05) is 44.8 Å². The minimum absolute atomic E-state index is 0. The van der Waals surface area contributed by atoms with Crippen molar-refractivity contribution < 1.29 is 75.0 Å². The maximum atomic E-state index is 12.1. The minimum Gasteiger partial charge on any atom is -1.00 e. The minimum atomic E-state index is -0.679. The molecule has 0 fully saturated rings. The van der Waals surface area contributed by atoms with Crippen LogP contribution in [0.25, 0.3) is 0 Å². The summed E-state index contributed by atoms with van der Waals surface area (Å²) in [5, 5.41) is 30.2. The Bertz CT molecular complexity index is 2670. The van der Waals surface area contributed by atoms with Crippen LogP contribution in [-0.2, 0) is 32.2 Å². The molecule has 1 atom stereocenters. The summed E-state index contributed by atoms with van der Waals surface area (Å²) in [4.78, 5) is 75.8. The summed E-state index contributed by atoms with van der Waals surface area (Å²) in [6.45, 7) is 17.2. The van der Waals surface area contributed by atoms with Crippen molar-refractivity contribution in [2.75, 3.05) is 31.1 Å². The van der Waals surface area contributed by atoms with Gasteiger partial charge in [0.05, 0.1) is 48.5 Å². The van der Waals surface area contributed by atoms with Crippen molar-refractivity contribution in [1.82, 2.24) is 19.1 Å². The number of rotatable bonds is 19. The van der Waals surface area contributed by atoms with E-state index in [9.17, 15) is 44.1 Å². The number of thioether (sulfide) groups is 2. The van der Waals surface area contributed by atoms with Crippen LogP contribution in [0.1, 0.15) is 69.8 Å². The number of esters is 2. The number of benzene rings is 3. The Hall–Kier alpha value is -5.39. The number of halogens is 1. The second kappa shape index (κ2) is 39.1. The van der Waals surface area contributed by atoms with Crippen LogP contribution < -0.4 is 46.4 Å². The third-order valence-electron chi connectivity index (χ3n) is 8.91. The second-order valence-corrected chi connectivity index (χ2v) is 17.6. The van der Waals surface area contributed by atoms with Crippen LogP contribution >= 0.6 is 51.7 Å².